The molecule has 0 bridgehead atoms. The predicted molar refractivity (Wildman–Crippen MR) is 102 cm³/mol. The molecule has 1 fully saturated rings. The fourth-order valence-electron chi connectivity index (χ4n) is 2.52. The molecule has 2 N–H and O–H groups in total. The summed E-state index contributed by atoms with van der Waals surface area (Å²) in [5.41, 5.74) is 2.77. The lowest BCUT2D eigenvalue weighted by atomic mass is 10.2. The molecule has 0 radical (unpaired) electrons. The fourth-order valence-corrected chi connectivity index (χ4v) is 2.79. The quantitative estimate of drug-likeness (QED) is 0.396. The van der Waals surface area contributed by atoms with Crippen molar-refractivity contribution in [3.8, 4) is 11.5 Å². The Kier molecular flexibility index (Phi) is 8.35. The van der Waals surface area contributed by atoms with Crippen LogP contribution in [0.5, 0.6) is 11.5 Å². The number of halogens is 1. The maximum atomic E-state index is 11.8. The SMILES string of the molecule is CCOc1cc(/C=N\NC(=O)C(=O)NC[C@@H]2CCCO2)cc(Cl)c1OCC. The van der Waals surface area contributed by atoms with Crippen molar-refractivity contribution >= 4 is 29.6 Å². The van der Waals surface area contributed by atoms with E-state index in [4.69, 9.17) is 25.8 Å². The molecule has 0 unspecified atom stereocenters. The highest BCUT2D eigenvalue weighted by Gasteiger charge is 2.19. The molecule has 1 aromatic rings. The van der Waals surface area contributed by atoms with Crippen molar-refractivity contribution in [1.82, 2.24) is 10.7 Å². The normalized spacial score (nSPS) is 16.3. The zero-order valence-electron chi connectivity index (χ0n) is 15.4. The van der Waals surface area contributed by atoms with Crippen LogP contribution < -0.4 is 20.2 Å². The van der Waals surface area contributed by atoms with Gasteiger partial charge >= 0.3 is 11.8 Å². The molecule has 0 saturated carbocycles. The minimum atomic E-state index is -0.855. The third-order valence-corrected chi connectivity index (χ3v) is 4.00. The second-order valence-corrected chi connectivity index (χ2v) is 6.15. The van der Waals surface area contributed by atoms with Crippen LogP contribution in [0, 0.1) is 0 Å². The first-order valence-corrected chi connectivity index (χ1v) is 9.24. The predicted octanol–water partition coefficient (Wildman–Crippen LogP) is 1.88. The second kappa shape index (κ2) is 10.7. The van der Waals surface area contributed by atoms with Gasteiger partial charge in [-0.2, -0.15) is 5.10 Å². The Hall–Kier alpha value is -2.32. The van der Waals surface area contributed by atoms with Gasteiger partial charge in [-0.05, 0) is 44.4 Å². The summed E-state index contributed by atoms with van der Waals surface area (Å²) in [5.74, 6) is -0.682. The molecule has 1 saturated heterocycles. The molecule has 2 amide bonds. The monoisotopic (exact) mass is 397 g/mol. The molecule has 1 heterocycles. The Morgan fingerprint density at radius 2 is 2.07 bits per heavy atom. The lowest BCUT2D eigenvalue weighted by molar-refractivity contribution is -0.139. The minimum Gasteiger partial charge on any atom is -0.490 e. The Balaban J connectivity index is 1.92. The number of nitrogens with one attached hydrogen (secondary N) is 2. The van der Waals surface area contributed by atoms with E-state index in [0.29, 0.717) is 48.5 Å². The van der Waals surface area contributed by atoms with Crippen molar-refractivity contribution in [2.45, 2.75) is 32.8 Å². The van der Waals surface area contributed by atoms with Crippen molar-refractivity contribution < 1.29 is 23.8 Å². The number of benzene rings is 1. The highest BCUT2D eigenvalue weighted by Crippen LogP contribution is 2.36. The van der Waals surface area contributed by atoms with Crippen molar-refractivity contribution in [3.05, 3.63) is 22.7 Å². The standard InChI is InChI=1S/C18H24ClN3O5/c1-3-25-15-9-12(8-14(19)16(15)26-4-2)10-21-22-18(24)17(23)20-11-13-6-5-7-27-13/h8-10,13H,3-7,11H2,1-2H3,(H,20,23)(H,22,24)/b21-10-/t13-/m0/s1. The van der Waals surface area contributed by atoms with Crippen LogP contribution in [0.15, 0.2) is 17.2 Å². The van der Waals surface area contributed by atoms with E-state index >= 15 is 0 Å². The van der Waals surface area contributed by atoms with Crippen molar-refractivity contribution in [3.63, 3.8) is 0 Å². The smallest absolute Gasteiger partial charge is 0.329 e. The van der Waals surface area contributed by atoms with Crippen LogP contribution in [0.25, 0.3) is 0 Å². The topological polar surface area (TPSA) is 98.2 Å². The molecule has 9 heteroatoms. The summed E-state index contributed by atoms with van der Waals surface area (Å²) >= 11 is 6.21. The maximum Gasteiger partial charge on any atom is 0.329 e. The first kappa shape index (κ1) is 21.0. The highest BCUT2D eigenvalue weighted by molar-refractivity contribution is 6.35. The molecule has 0 aromatic heterocycles. The molecule has 1 aromatic carbocycles. The van der Waals surface area contributed by atoms with Crippen molar-refractivity contribution in [2.24, 2.45) is 5.10 Å². The molecule has 2 rings (SSSR count). The zero-order chi connectivity index (χ0) is 19.6. The fraction of sp³-hybridized carbons (Fsp3) is 0.500. The van der Waals surface area contributed by atoms with E-state index in [1.54, 1.807) is 12.1 Å². The van der Waals surface area contributed by atoms with Gasteiger partial charge in [-0.15, -0.1) is 0 Å². The van der Waals surface area contributed by atoms with Crippen LogP contribution in [0.4, 0.5) is 0 Å². The summed E-state index contributed by atoms with van der Waals surface area (Å²) in [6, 6.07) is 3.32. The first-order chi connectivity index (χ1) is 13.0. The summed E-state index contributed by atoms with van der Waals surface area (Å²) in [7, 11) is 0. The van der Waals surface area contributed by atoms with Gasteiger partial charge in [-0.1, -0.05) is 11.6 Å². The van der Waals surface area contributed by atoms with E-state index in [2.05, 4.69) is 15.8 Å². The van der Waals surface area contributed by atoms with Gasteiger partial charge in [0.15, 0.2) is 11.5 Å². The van der Waals surface area contributed by atoms with Gasteiger partial charge in [0.05, 0.1) is 30.6 Å². The molecule has 148 valence electrons. The molecule has 1 aliphatic rings. The molecule has 0 aliphatic carbocycles. The third-order valence-electron chi connectivity index (χ3n) is 3.72. The molecular formula is C18H24ClN3O5. The van der Waals surface area contributed by atoms with Crippen LogP contribution in [0.2, 0.25) is 5.02 Å². The number of rotatable bonds is 8. The van der Waals surface area contributed by atoms with Crippen molar-refractivity contribution in [1.29, 1.82) is 0 Å². The number of hydrogen-bond donors (Lipinski definition) is 2. The maximum absolute atomic E-state index is 11.8. The van der Waals surface area contributed by atoms with E-state index in [1.807, 2.05) is 13.8 Å². The van der Waals surface area contributed by atoms with Crippen LogP contribution in [0.1, 0.15) is 32.3 Å². The number of hydrazone groups is 1. The summed E-state index contributed by atoms with van der Waals surface area (Å²) in [6.45, 7) is 5.58. The molecule has 1 aliphatic heterocycles. The Morgan fingerprint density at radius 1 is 1.30 bits per heavy atom. The highest BCUT2D eigenvalue weighted by atomic mass is 35.5. The summed E-state index contributed by atoms with van der Waals surface area (Å²) in [5, 5.41) is 6.68. The van der Waals surface area contributed by atoms with Gasteiger partial charge < -0.3 is 19.5 Å². The summed E-state index contributed by atoms with van der Waals surface area (Å²) in [6.07, 6.45) is 3.18. The summed E-state index contributed by atoms with van der Waals surface area (Å²) < 4.78 is 16.4. The second-order valence-electron chi connectivity index (χ2n) is 5.74. The van der Waals surface area contributed by atoms with Crippen LogP contribution in [0.3, 0.4) is 0 Å². The Bertz CT molecular complexity index is 690. The largest absolute Gasteiger partial charge is 0.490 e. The lowest BCUT2D eigenvalue weighted by Gasteiger charge is -2.13. The van der Waals surface area contributed by atoms with Gasteiger partial charge in [0.2, 0.25) is 0 Å². The van der Waals surface area contributed by atoms with Gasteiger partial charge in [-0.25, -0.2) is 5.43 Å². The number of ether oxygens (including phenoxy) is 3. The number of hydrogen-bond acceptors (Lipinski definition) is 6. The Labute approximate surface area is 163 Å². The van der Waals surface area contributed by atoms with E-state index in [1.165, 1.54) is 6.21 Å². The van der Waals surface area contributed by atoms with E-state index < -0.39 is 11.8 Å². The Morgan fingerprint density at radius 3 is 2.74 bits per heavy atom. The van der Waals surface area contributed by atoms with Gasteiger partial charge in [0.25, 0.3) is 0 Å². The molecule has 27 heavy (non-hydrogen) atoms. The molecule has 1 atom stereocenters. The average molecular weight is 398 g/mol. The van der Waals surface area contributed by atoms with E-state index in [0.717, 1.165) is 12.8 Å². The van der Waals surface area contributed by atoms with Crippen LogP contribution in [-0.2, 0) is 14.3 Å². The van der Waals surface area contributed by atoms with Gasteiger partial charge in [-0.3, -0.25) is 9.59 Å². The molecular weight excluding hydrogens is 374 g/mol. The lowest BCUT2D eigenvalue weighted by Crippen LogP contribution is -2.41. The number of amides is 2. The third kappa shape index (κ3) is 6.41. The number of carbonyl (C=O) groups is 2. The van der Waals surface area contributed by atoms with E-state index in [9.17, 15) is 9.59 Å². The van der Waals surface area contributed by atoms with E-state index in [-0.39, 0.29) is 6.10 Å². The first-order valence-electron chi connectivity index (χ1n) is 8.87. The van der Waals surface area contributed by atoms with Gasteiger partial charge in [0, 0.05) is 13.2 Å². The molecule has 0 spiro atoms. The minimum absolute atomic E-state index is 0.0340. The number of carbonyl (C=O) groups excluding carboxylic acids is 2. The van der Waals surface area contributed by atoms with Crippen LogP contribution in [-0.4, -0.2) is 50.5 Å². The number of nitrogens with zero attached hydrogens (tertiary/aromatic N) is 1. The summed E-state index contributed by atoms with van der Waals surface area (Å²) in [4.78, 5) is 23.5. The van der Waals surface area contributed by atoms with Crippen molar-refractivity contribution in [2.75, 3.05) is 26.4 Å². The molecule has 8 nitrogen and oxygen atoms in total. The average Bonchev–Trinajstić information content (AvgIpc) is 3.16. The zero-order valence-corrected chi connectivity index (χ0v) is 16.2. The van der Waals surface area contributed by atoms with Crippen LogP contribution >= 0.6 is 11.6 Å². The van der Waals surface area contributed by atoms with Gasteiger partial charge in [0.1, 0.15) is 0 Å².